The number of esters is 1. The Kier molecular flexibility index (Phi) is 4.99. The molecule has 29 heavy (non-hydrogen) atoms. The summed E-state index contributed by atoms with van der Waals surface area (Å²) in [6.07, 6.45) is 1.05. The van der Waals surface area contributed by atoms with Gasteiger partial charge in [0.05, 0.1) is 10.9 Å². The Balaban J connectivity index is 1.36. The minimum absolute atomic E-state index is 0.00900. The lowest BCUT2D eigenvalue weighted by atomic mass is 10.0. The van der Waals surface area contributed by atoms with Crippen molar-refractivity contribution in [1.82, 2.24) is 9.97 Å². The predicted molar refractivity (Wildman–Crippen MR) is 106 cm³/mol. The van der Waals surface area contributed by atoms with Gasteiger partial charge in [0.1, 0.15) is 18.2 Å². The standard InChI is InChI=1S/C21H19N3O5/c1-12-3-2-4-15-20(12)23-17(24-21(15)27)10-29-19(26)11-28-14-6-7-16-13(9-14)5-8-18(25)22-16/h2-4,6-7,9H,5,8,10-11H2,1H3,(H,22,25)(H,23,24,27). The number of aromatic nitrogens is 2. The summed E-state index contributed by atoms with van der Waals surface area (Å²) in [5.41, 5.74) is 2.90. The maximum Gasteiger partial charge on any atom is 0.344 e. The van der Waals surface area contributed by atoms with E-state index in [1.807, 2.05) is 13.0 Å². The number of carbonyl (C=O) groups is 2. The van der Waals surface area contributed by atoms with Crippen LogP contribution in [0.25, 0.3) is 10.9 Å². The van der Waals surface area contributed by atoms with Crippen molar-refractivity contribution in [2.75, 3.05) is 11.9 Å². The summed E-state index contributed by atoms with van der Waals surface area (Å²) in [6.45, 7) is 1.43. The molecular formula is C21H19N3O5. The van der Waals surface area contributed by atoms with Crippen LogP contribution in [-0.4, -0.2) is 28.5 Å². The zero-order valence-corrected chi connectivity index (χ0v) is 15.8. The molecule has 0 radical (unpaired) electrons. The molecule has 0 unspecified atom stereocenters. The third kappa shape index (κ3) is 4.11. The van der Waals surface area contributed by atoms with Crippen LogP contribution >= 0.6 is 0 Å². The quantitative estimate of drug-likeness (QED) is 0.643. The highest BCUT2D eigenvalue weighted by atomic mass is 16.6. The average Bonchev–Trinajstić information content (AvgIpc) is 2.71. The van der Waals surface area contributed by atoms with Gasteiger partial charge in [0.15, 0.2) is 6.61 Å². The van der Waals surface area contributed by atoms with Gasteiger partial charge in [-0.25, -0.2) is 9.78 Å². The van der Waals surface area contributed by atoms with Crippen LogP contribution in [0.1, 0.15) is 23.4 Å². The molecule has 1 aliphatic rings. The van der Waals surface area contributed by atoms with E-state index in [4.69, 9.17) is 9.47 Å². The molecule has 8 heteroatoms. The number of hydrogen-bond acceptors (Lipinski definition) is 6. The van der Waals surface area contributed by atoms with Crippen molar-refractivity contribution in [3.8, 4) is 5.75 Å². The zero-order chi connectivity index (χ0) is 20.4. The van der Waals surface area contributed by atoms with Crippen LogP contribution < -0.4 is 15.6 Å². The Morgan fingerprint density at radius 2 is 2.03 bits per heavy atom. The number of benzene rings is 2. The SMILES string of the molecule is Cc1cccc2c(=O)[nH]c(COC(=O)COc3ccc4c(c3)CCC(=O)N4)nc12. The third-order valence-corrected chi connectivity index (χ3v) is 4.69. The second-order valence-electron chi connectivity index (χ2n) is 6.80. The highest BCUT2D eigenvalue weighted by Crippen LogP contribution is 2.26. The summed E-state index contributed by atoms with van der Waals surface area (Å²) >= 11 is 0. The number of fused-ring (bicyclic) bond motifs is 2. The topological polar surface area (TPSA) is 110 Å². The molecule has 0 saturated carbocycles. The van der Waals surface area contributed by atoms with Gasteiger partial charge in [0.2, 0.25) is 5.91 Å². The second kappa shape index (κ2) is 7.75. The molecule has 0 bridgehead atoms. The number of para-hydroxylation sites is 1. The first-order valence-electron chi connectivity index (χ1n) is 9.19. The normalized spacial score (nSPS) is 12.9. The summed E-state index contributed by atoms with van der Waals surface area (Å²) in [4.78, 5) is 42.6. The van der Waals surface area contributed by atoms with Crippen LogP contribution in [0.2, 0.25) is 0 Å². The van der Waals surface area contributed by atoms with E-state index >= 15 is 0 Å². The lowest BCUT2D eigenvalue weighted by Crippen LogP contribution is -2.19. The number of ether oxygens (including phenoxy) is 2. The molecule has 3 aromatic rings. The molecule has 1 aromatic heterocycles. The number of nitrogens with one attached hydrogen (secondary N) is 2. The number of aryl methyl sites for hydroxylation is 2. The van der Waals surface area contributed by atoms with Crippen LogP contribution in [0.5, 0.6) is 5.75 Å². The third-order valence-electron chi connectivity index (χ3n) is 4.69. The molecular weight excluding hydrogens is 374 g/mol. The van der Waals surface area contributed by atoms with Crippen LogP contribution in [0.4, 0.5) is 5.69 Å². The molecule has 2 heterocycles. The lowest BCUT2D eigenvalue weighted by Gasteiger charge is -2.17. The molecule has 0 atom stereocenters. The highest BCUT2D eigenvalue weighted by Gasteiger charge is 2.15. The number of rotatable bonds is 5. The number of H-pyrrole nitrogens is 1. The summed E-state index contributed by atoms with van der Waals surface area (Å²) in [5, 5.41) is 3.28. The van der Waals surface area contributed by atoms with E-state index < -0.39 is 5.97 Å². The molecule has 148 valence electrons. The molecule has 2 aromatic carbocycles. The molecule has 0 fully saturated rings. The summed E-state index contributed by atoms with van der Waals surface area (Å²) in [5.74, 6) is 0.202. The molecule has 8 nitrogen and oxygen atoms in total. The molecule has 4 rings (SSSR count). The van der Waals surface area contributed by atoms with Gasteiger partial charge in [-0.2, -0.15) is 0 Å². The van der Waals surface area contributed by atoms with Gasteiger partial charge in [-0.05, 0) is 48.7 Å². The van der Waals surface area contributed by atoms with Gasteiger partial charge in [-0.1, -0.05) is 12.1 Å². The van der Waals surface area contributed by atoms with Gasteiger partial charge >= 0.3 is 5.97 Å². The van der Waals surface area contributed by atoms with Gasteiger partial charge < -0.3 is 19.8 Å². The Hall–Kier alpha value is -3.68. The number of amides is 1. The van der Waals surface area contributed by atoms with E-state index in [9.17, 15) is 14.4 Å². The van der Waals surface area contributed by atoms with E-state index in [0.717, 1.165) is 16.8 Å². The maximum atomic E-state index is 12.2. The van der Waals surface area contributed by atoms with Crippen LogP contribution in [0.3, 0.4) is 0 Å². The molecule has 1 amide bonds. The Morgan fingerprint density at radius 1 is 1.17 bits per heavy atom. The largest absolute Gasteiger partial charge is 0.482 e. The molecule has 1 aliphatic heterocycles. The zero-order valence-electron chi connectivity index (χ0n) is 15.8. The van der Waals surface area contributed by atoms with Gasteiger partial charge in [0.25, 0.3) is 5.56 Å². The minimum Gasteiger partial charge on any atom is -0.482 e. The van der Waals surface area contributed by atoms with E-state index in [2.05, 4.69) is 15.3 Å². The lowest BCUT2D eigenvalue weighted by molar-refractivity contribution is -0.147. The molecule has 2 N–H and O–H groups in total. The van der Waals surface area contributed by atoms with E-state index in [1.54, 1.807) is 30.3 Å². The first kappa shape index (κ1) is 18.7. The Labute approximate surface area is 165 Å². The number of hydrogen-bond donors (Lipinski definition) is 2. The molecule has 0 saturated heterocycles. The highest BCUT2D eigenvalue weighted by molar-refractivity contribution is 5.94. The fourth-order valence-corrected chi connectivity index (χ4v) is 3.20. The maximum absolute atomic E-state index is 12.2. The summed E-state index contributed by atoms with van der Waals surface area (Å²) in [7, 11) is 0. The van der Waals surface area contributed by atoms with Crippen LogP contribution in [-0.2, 0) is 27.4 Å². The van der Waals surface area contributed by atoms with Crippen molar-refractivity contribution in [3.05, 3.63) is 63.7 Å². The number of carbonyl (C=O) groups excluding carboxylic acids is 2. The number of aromatic amines is 1. The number of anilines is 1. The summed E-state index contributed by atoms with van der Waals surface area (Å²) < 4.78 is 10.6. The van der Waals surface area contributed by atoms with Gasteiger partial charge in [-0.15, -0.1) is 0 Å². The van der Waals surface area contributed by atoms with Crippen LogP contribution in [0, 0.1) is 6.92 Å². The number of nitrogens with zero attached hydrogens (tertiary/aromatic N) is 1. The van der Waals surface area contributed by atoms with E-state index in [0.29, 0.717) is 29.5 Å². The molecule has 0 aliphatic carbocycles. The van der Waals surface area contributed by atoms with Crippen molar-refractivity contribution in [3.63, 3.8) is 0 Å². The Morgan fingerprint density at radius 3 is 2.90 bits per heavy atom. The van der Waals surface area contributed by atoms with Crippen molar-refractivity contribution >= 4 is 28.5 Å². The van der Waals surface area contributed by atoms with Crippen molar-refractivity contribution in [2.45, 2.75) is 26.4 Å². The van der Waals surface area contributed by atoms with Gasteiger partial charge in [-0.3, -0.25) is 9.59 Å². The van der Waals surface area contributed by atoms with Crippen molar-refractivity contribution < 1.29 is 19.1 Å². The second-order valence-corrected chi connectivity index (χ2v) is 6.80. The van der Waals surface area contributed by atoms with E-state index in [-0.39, 0.29) is 30.5 Å². The molecule has 0 spiro atoms. The van der Waals surface area contributed by atoms with Gasteiger partial charge in [0, 0.05) is 12.1 Å². The minimum atomic E-state index is -0.580. The fourth-order valence-electron chi connectivity index (χ4n) is 3.20. The fraction of sp³-hybridized carbons (Fsp3) is 0.238. The predicted octanol–water partition coefficient (Wildman–Crippen LogP) is 2.24. The van der Waals surface area contributed by atoms with E-state index in [1.165, 1.54) is 0 Å². The summed E-state index contributed by atoms with van der Waals surface area (Å²) in [6, 6.07) is 10.6. The monoisotopic (exact) mass is 393 g/mol. The first-order valence-corrected chi connectivity index (χ1v) is 9.19. The smallest absolute Gasteiger partial charge is 0.344 e. The Bertz CT molecular complexity index is 1170. The first-order chi connectivity index (χ1) is 14.0. The average molecular weight is 393 g/mol. The van der Waals surface area contributed by atoms with Crippen LogP contribution in [0.15, 0.2) is 41.2 Å². The van der Waals surface area contributed by atoms with Crippen molar-refractivity contribution in [2.24, 2.45) is 0 Å². The van der Waals surface area contributed by atoms with Crippen molar-refractivity contribution in [1.29, 1.82) is 0 Å².